The Hall–Kier alpha value is -1.28. The van der Waals surface area contributed by atoms with E-state index in [0.717, 1.165) is 10.6 Å². The number of hydrogen-bond donors (Lipinski definition) is 0. The molecule has 1 heterocycles. The van der Waals surface area contributed by atoms with Crippen LogP contribution < -0.4 is 0 Å². The van der Waals surface area contributed by atoms with Gasteiger partial charge in [-0.25, -0.2) is 0 Å². The summed E-state index contributed by atoms with van der Waals surface area (Å²) in [6.45, 7) is 4.40. The highest BCUT2D eigenvalue weighted by molar-refractivity contribution is 6.30. The van der Waals surface area contributed by atoms with Gasteiger partial charge in [0.25, 0.3) is 0 Å². The van der Waals surface area contributed by atoms with Crippen molar-refractivity contribution in [2.75, 3.05) is 6.54 Å². The van der Waals surface area contributed by atoms with Gasteiger partial charge < -0.3 is 4.90 Å². The second-order valence-electron chi connectivity index (χ2n) is 4.16. The topological polar surface area (TPSA) is 20.3 Å². The number of benzene rings is 1. The third-order valence-corrected chi connectivity index (χ3v) is 3.12. The summed E-state index contributed by atoms with van der Waals surface area (Å²) >= 11 is 5.99. The number of halogens is 1. The fraction of sp³-hybridized carbons (Fsp3) is 0.308. The zero-order valence-electron chi connectivity index (χ0n) is 9.40. The number of carbonyl (C=O) groups is 1. The van der Waals surface area contributed by atoms with Crippen LogP contribution in [0.3, 0.4) is 0 Å². The molecule has 2 nitrogen and oxygen atoms in total. The minimum atomic E-state index is 0.0713. The van der Waals surface area contributed by atoms with Crippen LogP contribution in [0.2, 0.25) is 5.02 Å². The van der Waals surface area contributed by atoms with Gasteiger partial charge in [0.1, 0.15) is 0 Å². The lowest BCUT2D eigenvalue weighted by Crippen LogP contribution is -2.26. The zero-order chi connectivity index (χ0) is 11.7. The van der Waals surface area contributed by atoms with Crippen LogP contribution in [-0.4, -0.2) is 17.4 Å². The van der Waals surface area contributed by atoms with Gasteiger partial charge in [0, 0.05) is 24.7 Å². The molecule has 0 aromatic heterocycles. The van der Waals surface area contributed by atoms with Crippen LogP contribution >= 0.6 is 11.6 Å². The van der Waals surface area contributed by atoms with Crippen LogP contribution in [-0.2, 0) is 4.79 Å². The molecule has 0 unspecified atom stereocenters. The largest absolute Gasteiger partial charge is 0.319 e. The average Bonchev–Trinajstić information content (AvgIpc) is 2.39. The van der Waals surface area contributed by atoms with Gasteiger partial charge in [-0.1, -0.05) is 24.6 Å². The van der Waals surface area contributed by atoms with Gasteiger partial charge in [-0.2, -0.15) is 0 Å². The van der Waals surface area contributed by atoms with Gasteiger partial charge in [0.2, 0.25) is 5.91 Å². The van der Waals surface area contributed by atoms with Crippen molar-refractivity contribution in [1.29, 1.82) is 0 Å². The first kappa shape index (κ1) is 11.2. The summed E-state index contributed by atoms with van der Waals surface area (Å²) in [7, 11) is 0. The maximum atomic E-state index is 11.4. The van der Waals surface area contributed by atoms with Gasteiger partial charge in [-0.05, 0) is 35.3 Å². The average molecular weight is 236 g/mol. The third-order valence-electron chi connectivity index (χ3n) is 2.89. The molecule has 0 saturated heterocycles. The molecule has 0 fully saturated rings. The summed E-state index contributed by atoms with van der Waals surface area (Å²) in [6.07, 6.45) is 3.81. The highest BCUT2D eigenvalue weighted by Crippen LogP contribution is 2.28. The van der Waals surface area contributed by atoms with Crippen molar-refractivity contribution in [3.05, 3.63) is 40.5 Å². The molecule has 0 aliphatic carbocycles. The number of carbonyl (C=O) groups excluding carboxylic acids is 1. The van der Waals surface area contributed by atoms with E-state index in [2.05, 4.69) is 6.92 Å². The minimum absolute atomic E-state index is 0.0713. The molecule has 84 valence electrons. The molecule has 0 N–H and O–H groups in total. The molecule has 0 bridgehead atoms. The zero-order valence-corrected chi connectivity index (χ0v) is 10.2. The first-order chi connectivity index (χ1) is 7.58. The molecule has 1 aromatic carbocycles. The van der Waals surface area contributed by atoms with Gasteiger partial charge in [-0.3, -0.25) is 4.79 Å². The van der Waals surface area contributed by atoms with E-state index in [-0.39, 0.29) is 5.91 Å². The van der Waals surface area contributed by atoms with Gasteiger partial charge in [0.05, 0.1) is 0 Å². The van der Waals surface area contributed by atoms with E-state index in [1.54, 1.807) is 11.8 Å². The Morgan fingerprint density at radius 1 is 1.50 bits per heavy atom. The highest BCUT2D eigenvalue weighted by atomic mass is 35.5. The Kier molecular flexibility index (Phi) is 3.01. The summed E-state index contributed by atoms with van der Waals surface area (Å²) in [6, 6.07) is 5.85. The molecular weight excluding hydrogens is 222 g/mol. The summed E-state index contributed by atoms with van der Waals surface area (Å²) < 4.78 is 0. The number of amides is 1. The Morgan fingerprint density at radius 3 is 2.94 bits per heavy atom. The molecule has 2 rings (SSSR count). The summed E-state index contributed by atoms with van der Waals surface area (Å²) in [5.41, 5.74) is 2.34. The van der Waals surface area contributed by atoms with Crippen molar-refractivity contribution in [2.24, 2.45) is 0 Å². The maximum Gasteiger partial charge on any atom is 0.223 e. The number of nitrogens with zero attached hydrogens (tertiary/aromatic N) is 1. The summed E-state index contributed by atoms with van der Waals surface area (Å²) in [5.74, 6) is 0.370. The van der Waals surface area contributed by atoms with Crippen LogP contribution in [0.15, 0.2) is 24.4 Å². The second-order valence-corrected chi connectivity index (χ2v) is 4.60. The number of fused-ring (bicyclic) bond motifs is 1. The Labute approximate surface area is 101 Å². The Balaban J connectivity index is 2.41. The SMILES string of the molecule is CC(=O)N1C=Cc2ccc(Cl)cc2[C@@H](C)C1. The van der Waals surface area contributed by atoms with E-state index in [4.69, 9.17) is 11.6 Å². The fourth-order valence-electron chi connectivity index (χ4n) is 1.98. The highest BCUT2D eigenvalue weighted by Gasteiger charge is 2.18. The van der Waals surface area contributed by atoms with Crippen LogP contribution in [0.1, 0.15) is 30.9 Å². The molecule has 1 aliphatic rings. The van der Waals surface area contributed by atoms with Crippen molar-refractivity contribution in [2.45, 2.75) is 19.8 Å². The van der Waals surface area contributed by atoms with E-state index < -0.39 is 0 Å². The number of hydrogen-bond acceptors (Lipinski definition) is 1. The standard InChI is InChI=1S/C13H14ClNO/c1-9-8-15(10(2)16)6-5-11-3-4-12(14)7-13(9)11/h3-7,9H,8H2,1-2H3/t9-/m0/s1. The molecule has 3 heteroatoms. The maximum absolute atomic E-state index is 11.4. The number of rotatable bonds is 0. The van der Waals surface area contributed by atoms with Crippen molar-refractivity contribution in [3.8, 4) is 0 Å². The lowest BCUT2D eigenvalue weighted by atomic mass is 9.96. The molecule has 1 aromatic rings. The first-order valence-corrected chi connectivity index (χ1v) is 5.70. The summed E-state index contributed by atoms with van der Waals surface area (Å²) in [5, 5.41) is 0.746. The minimum Gasteiger partial charge on any atom is -0.319 e. The monoisotopic (exact) mass is 235 g/mol. The normalized spacial score (nSPS) is 19.2. The van der Waals surface area contributed by atoms with Crippen molar-refractivity contribution in [3.63, 3.8) is 0 Å². The van der Waals surface area contributed by atoms with E-state index >= 15 is 0 Å². The van der Waals surface area contributed by atoms with E-state index in [1.165, 1.54) is 5.56 Å². The molecule has 1 atom stereocenters. The lowest BCUT2D eigenvalue weighted by Gasteiger charge is -2.19. The van der Waals surface area contributed by atoms with Crippen molar-refractivity contribution >= 4 is 23.6 Å². The van der Waals surface area contributed by atoms with Gasteiger partial charge in [-0.15, -0.1) is 0 Å². The Bertz CT molecular complexity index is 453. The van der Waals surface area contributed by atoms with Crippen molar-refractivity contribution < 1.29 is 4.79 Å². The van der Waals surface area contributed by atoms with Gasteiger partial charge >= 0.3 is 0 Å². The van der Waals surface area contributed by atoms with Crippen LogP contribution in [0.4, 0.5) is 0 Å². The van der Waals surface area contributed by atoms with E-state index in [0.29, 0.717) is 12.5 Å². The van der Waals surface area contributed by atoms with Crippen LogP contribution in [0.5, 0.6) is 0 Å². The second kappa shape index (κ2) is 4.30. The Morgan fingerprint density at radius 2 is 2.25 bits per heavy atom. The molecule has 0 radical (unpaired) electrons. The molecule has 0 spiro atoms. The molecule has 1 aliphatic heterocycles. The quantitative estimate of drug-likeness (QED) is 0.676. The smallest absolute Gasteiger partial charge is 0.223 e. The molecule has 16 heavy (non-hydrogen) atoms. The predicted octanol–water partition coefficient (Wildman–Crippen LogP) is 3.28. The first-order valence-electron chi connectivity index (χ1n) is 5.33. The van der Waals surface area contributed by atoms with E-state index in [9.17, 15) is 4.79 Å². The van der Waals surface area contributed by atoms with Gasteiger partial charge in [0.15, 0.2) is 0 Å². The van der Waals surface area contributed by atoms with E-state index in [1.807, 2.05) is 30.5 Å². The molecule has 1 amide bonds. The van der Waals surface area contributed by atoms with Crippen molar-refractivity contribution in [1.82, 2.24) is 4.90 Å². The van der Waals surface area contributed by atoms with Crippen LogP contribution in [0, 0.1) is 0 Å². The fourth-order valence-corrected chi connectivity index (χ4v) is 2.16. The lowest BCUT2D eigenvalue weighted by molar-refractivity contribution is -0.126. The predicted molar refractivity (Wildman–Crippen MR) is 66.3 cm³/mol. The summed E-state index contributed by atoms with van der Waals surface area (Å²) in [4.78, 5) is 13.1. The van der Waals surface area contributed by atoms with Crippen LogP contribution in [0.25, 0.3) is 6.08 Å². The third kappa shape index (κ3) is 2.12. The molecule has 0 saturated carbocycles. The molecular formula is C13H14ClNO.